The molecule has 0 aliphatic heterocycles. The van der Waals surface area contributed by atoms with Crippen molar-refractivity contribution in [3.05, 3.63) is 42.0 Å². The van der Waals surface area contributed by atoms with Crippen molar-refractivity contribution < 1.29 is 14.6 Å². The van der Waals surface area contributed by atoms with Crippen LogP contribution < -0.4 is 4.74 Å². The van der Waals surface area contributed by atoms with E-state index in [4.69, 9.17) is 4.74 Å². The van der Waals surface area contributed by atoms with Gasteiger partial charge in [-0.25, -0.2) is 4.79 Å². The molecule has 0 radical (unpaired) electrons. The molecule has 0 aromatic heterocycles. The summed E-state index contributed by atoms with van der Waals surface area (Å²) in [7, 11) is 0. The van der Waals surface area contributed by atoms with Crippen LogP contribution in [0.5, 0.6) is 5.75 Å². The second-order valence-electron chi connectivity index (χ2n) is 4.79. The van der Waals surface area contributed by atoms with E-state index in [1.165, 1.54) is 0 Å². The average molecular weight is 258 g/mol. The van der Waals surface area contributed by atoms with Gasteiger partial charge in [0, 0.05) is 5.39 Å². The number of hydrogen-bond donors (Lipinski definition) is 1. The van der Waals surface area contributed by atoms with Crippen LogP contribution in [-0.4, -0.2) is 17.7 Å². The van der Waals surface area contributed by atoms with Gasteiger partial charge in [0.15, 0.2) is 0 Å². The van der Waals surface area contributed by atoms with E-state index in [1.807, 2.05) is 30.3 Å². The molecule has 1 N–H and O–H groups in total. The summed E-state index contributed by atoms with van der Waals surface area (Å²) in [5, 5.41) is 11.1. The summed E-state index contributed by atoms with van der Waals surface area (Å²) in [5.41, 5.74) is 0.224. The Morgan fingerprint density at radius 2 is 2.00 bits per heavy atom. The van der Waals surface area contributed by atoms with E-state index in [0.29, 0.717) is 18.3 Å². The van der Waals surface area contributed by atoms with E-state index in [9.17, 15) is 9.90 Å². The molecular formula is C16H18O3. The van der Waals surface area contributed by atoms with E-state index in [2.05, 4.69) is 13.8 Å². The first-order valence-electron chi connectivity index (χ1n) is 6.51. The Labute approximate surface area is 112 Å². The topological polar surface area (TPSA) is 46.5 Å². The van der Waals surface area contributed by atoms with Gasteiger partial charge >= 0.3 is 5.97 Å². The van der Waals surface area contributed by atoms with Crippen LogP contribution in [0.2, 0.25) is 0 Å². The molecule has 0 bridgehead atoms. The maximum atomic E-state index is 11.3. The molecule has 0 spiro atoms. The molecule has 3 nitrogen and oxygen atoms in total. The van der Waals surface area contributed by atoms with E-state index >= 15 is 0 Å². The SMILES string of the molecule is CCC(C)COc1c(C(=O)O)ccc2ccccc12. The number of ether oxygens (including phenoxy) is 1. The molecule has 100 valence electrons. The van der Waals surface area contributed by atoms with Crippen molar-refractivity contribution in [1.82, 2.24) is 0 Å². The van der Waals surface area contributed by atoms with E-state index < -0.39 is 5.97 Å². The molecule has 0 fully saturated rings. The number of benzene rings is 2. The zero-order chi connectivity index (χ0) is 13.8. The molecule has 0 aliphatic carbocycles. The van der Waals surface area contributed by atoms with Gasteiger partial charge in [0.25, 0.3) is 0 Å². The minimum Gasteiger partial charge on any atom is -0.492 e. The summed E-state index contributed by atoms with van der Waals surface area (Å²) in [6.45, 7) is 4.71. The molecule has 2 aromatic carbocycles. The van der Waals surface area contributed by atoms with Gasteiger partial charge in [-0.3, -0.25) is 0 Å². The highest BCUT2D eigenvalue weighted by Gasteiger charge is 2.15. The molecule has 1 atom stereocenters. The number of carboxylic acid groups (broad SMARTS) is 1. The zero-order valence-electron chi connectivity index (χ0n) is 11.2. The van der Waals surface area contributed by atoms with Crippen molar-refractivity contribution in [1.29, 1.82) is 0 Å². The molecule has 1 unspecified atom stereocenters. The quantitative estimate of drug-likeness (QED) is 0.882. The lowest BCUT2D eigenvalue weighted by Crippen LogP contribution is -2.10. The lowest BCUT2D eigenvalue weighted by molar-refractivity contribution is 0.0691. The molecule has 0 amide bonds. The largest absolute Gasteiger partial charge is 0.492 e. The average Bonchev–Trinajstić information content (AvgIpc) is 2.43. The van der Waals surface area contributed by atoms with Gasteiger partial charge < -0.3 is 9.84 Å². The Morgan fingerprint density at radius 3 is 2.68 bits per heavy atom. The fraction of sp³-hybridized carbons (Fsp3) is 0.312. The minimum atomic E-state index is -0.954. The van der Waals surface area contributed by atoms with Gasteiger partial charge in [-0.2, -0.15) is 0 Å². The number of carboxylic acids is 1. The Balaban J connectivity index is 2.46. The summed E-state index contributed by atoms with van der Waals surface area (Å²) >= 11 is 0. The highest BCUT2D eigenvalue weighted by Crippen LogP contribution is 2.30. The van der Waals surface area contributed by atoms with E-state index in [1.54, 1.807) is 6.07 Å². The first-order chi connectivity index (χ1) is 9.13. The monoisotopic (exact) mass is 258 g/mol. The lowest BCUT2D eigenvalue weighted by atomic mass is 10.0. The molecule has 19 heavy (non-hydrogen) atoms. The maximum absolute atomic E-state index is 11.3. The summed E-state index contributed by atoms with van der Waals surface area (Å²) < 4.78 is 5.78. The normalized spacial score (nSPS) is 12.3. The van der Waals surface area contributed by atoms with Crippen LogP contribution in [0.25, 0.3) is 10.8 Å². The van der Waals surface area contributed by atoms with E-state index in [-0.39, 0.29) is 5.56 Å². The summed E-state index contributed by atoms with van der Waals surface area (Å²) in [5.74, 6) is -0.0728. The van der Waals surface area contributed by atoms with Crippen LogP contribution in [0.15, 0.2) is 36.4 Å². The van der Waals surface area contributed by atoms with Crippen molar-refractivity contribution in [2.75, 3.05) is 6.61 Å². The van der Waals surface area contributed by atoms with Gasteiger partial charge in [0.2, 0.25) is 0 Å². The van der Waals surface area contributed by atoms with Crippen LogP contribution in [0.1, 0.15) is 30.6 Å². The molecular weight excluding hydrogens is 240 g/mol. The van der Waals surface area contributed by atoms with Gasteiger partial charge in [0.05, 0.1) is 6.61 Å². The lowest BCUT2D eigenvalue weighted by Gasteiger charge is -2.15. The number of aromatic carboxylic acids is 1. The third-order valence-electron chi connectivity index (χ3n) is 3.32. The van der Waals surface area contributed by atoms with Crippen LogP contribution in [-0.2, 0) is 0 Å². The Hall–Kier alpha value is -2.03. The third kappa shape index (κ3) is 2.87. The summed E-state index contributed by atoms with van der Waals surface area (Å²) in [4.78, 5) is 11.3. The highest BCUT2D eigenvalue weighted by molar-refractivity contribution is 6.00. The van der Waals surface area contributed by atoms with Crippen molar-refractivity contribution in [2.24, 2.45) is 5.92 Å². The van der Waals surface area contributed by atoms with Crippen LogP contribution >= 0.6 is 0 Å². The Bertz CT molecular complexity index is 590. The highest BCUT2D eigenvalue weighted by atomic mass is 16.5. The zero-order valence-corrected chi connectivity index (χ0v) is 11.2. The van der Waals surface area contributed by atoms with Gasteiger partial charge in [-0.15, -0.1) is 0 Å². The smallest absolute Gasteiger partial charge is 0.339 e. The number of fused-ring (bicyclic) bond motifs is 1. The van der Waals surface area contributed by atoms with Gasteiger partial charge in [-0.1, -0.05) is 50.6 Å². The molecule has 0 heterocycles. The van der Waals surface area contributed by atoms with Crippen molar-refractivity contribution in [3.8, 4) is 5.75 Å². The molecule has 0 aliphatic rings. The van der Waals surface area contributed by atoms with Crippen molar-refractivity contribution in [3.63, 3.8) is 0 Å². The second-order valence-corrected chi connectivity index (χ2v) is 4.79. The minimum absolute atomic E-state index is 0.224. The predicted octanol–water partition coefficient (Wildman–Crippen LogP) is 3.96. The second kappa shape index (κ2) is 5.74. The first-order valence-corrected chi connectivity index (χ1v) is 6.51. The Morgan fingerprint density at radius 1 is 1.26 bits per heavy atom. The van der Waals surface area contributed by atoms with Crippen LogP contribution in [0.4, 0.5) is 0 Å². The number of hydrogen-bond acceptors (Lipinski definition) is 2. The molecule has 0 saturated heterocycles. The fourth-order valence-electron chi connectivity index (χ4n) is 1.91. The Kier molecular flexibility index (Phi) is 4.05. The third-order valence-corrected chi connectivity index (χ3v) is 3.32. The summed E-state index contributed by atoms with van der Waals surface area (Å²) in [6.07, 6.45) is 1.01. The van der Waals surface area contributed by atoms with Crippen molar-refractivity contribution in [2.45, 2.75) is 20.3 Å². The first kappa shape index (κ1) is 13.4. The fourth-order valence-corrected chi connectivity index (χ4v) is 1.91. The van der Waals surface area contributed by atoms with Gasteiger partial charge in [0.1, 0.15) is 11.3 Å². The van der Waals surface area contributed by atoms with Crippen LogP contribution in [0, 0.1) is 5.92 Å². The maximum Gasteiger partial charge on any atom is 0.339 e. The van der Waals surface area contributed by atoms with Crippen LogP contribution in [0.3, 0.4) is 0 Å². The molecule has 0 saturated carbocycles. The molecule has 2 aromatic rings. The molecule has 2 rings (SSSR count). The summed E-state index contributed by atoms with van der Waals surface area (Å²) in [6, 6.07) is 11.1. The van der Waals surface area contributed by atoms with E-state index in [0.717, 1.165) is 17.2 Å². The predicted molar refractivity (Wildman–Crippen MR) is 75.9 cm³/mol. The number of carbonyl (C=O) groups is 1. The van der Waals surface area contributed by atoms with Gasteiger partial charge in [-0.05, 0) is 17.4 Å². The number of rotatable bonds is 5. The standard InChI is InChI=1S/C16H18O3/c1-3-11(2)10-19-15-13-7-5-4-6-12(13)8-9-14(15)16(17)18/h4-9,11H,3,10H2,1-2H3,(H,17,18). The molecule has 3 heteroatoms. The van der Waals surface area contributed by atoms with Crippen molar-refractivity contribution >= 4 is 16.7 Å².